The summed E-state index contributed by atoms with van der Waals surface area (Å²) < 4.78 is 0. The van der Waals surface area contributed by atoms with Crippen LogP contribution in [0.1, 0.15) is 24.8 Å². The maximum atomic E-state index is 12.0. The topological polar surface area (TPSA) is 66.4 Å². The molecule has 2 N–H and O–H groups in total. The summed E-state index contributed by atoms with van der Waals surface area (Å²) in [6.45, 7) is 0. The number of aliphatic carboxylic acids is 1. The SMILES string of the molecule is O=C(O)/C=C/c1ccc(NC(=O)CC2CCSCC2)cc1. The van der Waals surface area contributed by atoms with Gasteiger partial charge in [-0.2, -0.15) is 11.8 Å². The molecule has 5 heteroatoms. The molecule has 4 nitrogen and oxygen atoms in total. The van der Waals surface area contributed by atoms with Crippen molar-refractivity contribution >= 4 is 35.4 Å². The molecule has 0 spiro atoms. The lowest BCUT2D eigenvalue weighted by Gasteiger charge is -2.20. The van der Waals surface area contributed by atoms with E-state index in [0.29, 0.717) is 12.3 Å². The van der Waals surface area contributed by atoms with Gasteiger partial charge in [-0.05, 0) is 54.0 Å². The molecule has 0 saturated carbocycles. The largest absolute Gasteiger partial charge is 0.478 e. The van der Waals surface area contributed by atoms with Gasteiger partial charge in [-0.15, -0.1) is 0 Å². The van der Waals surface area contributed by atoms with E-state index in [2.05, 4.69) is 5.32 Å². The van der Waals surface area contributed by atoms with Gasteiger partial charge in [0, 0.05) is 18.2 Å². The highest BCUT2D eigenvalue weighted by atomic mass is 32.2. The Morgan fingerprint density at radius 2 is 1.90 bits per heavy atom. The van der Waals surface area contributed by atoms with E-state index in [1.807, 2.05) is 11.8 Å². The molecule has 0 radical (unpaired) electrons. The first kappa shape index (κ1) is 15.6. The van der Waals surface area contributed by atoms with Crippen LogP contribution in [0.5, 0.6) is 0 Å². The summed E-state index contributed by atoms with van der Waals surface area (Å²) in [5.41, 5.74) is 1.54. The molecule has 1 aliphatic rings. The number of carboxylic acids is 1. The maximum absolute atomic E-state index is 12.0. The molecule has 1 aliphatic heterocycles. The van der Waals surface area contributed by atoms with Crippen molar-refractivity contribution in [2.45, 2.75) is 19.3 Å². The van der Waals surface area contributed by atoms with Crippen LogP contribution in [0.2, 0.25) is 0 Å². The Morgan fingerprint density at radius 3 is 2.52 bits per heavy atom. The molecule has 1 heterocycles. The first-order valence-corrected chi connectivity index (χ1v) is 8.17. The molecule has 1 amide bonds. The molecule has 0 aliphatic carbocycles. The van der Waals surface area contributed by atoms with Gasteiger partial charge in [-0.1, -0.05) is 12.1 Å². The number of thioether (sulfide) groups is 1. The van der Waals surface area contributed by atoms with E-state index >= 15 is 0 Å². The summed E-state index contributed by atoms with van der Waals surface area (Å²) in [6.07, 6.45) is 5.44. The number of carbonyl (C=O) groups is 2. The Balaban J connectivity index is 1.84. The number of hydrogen-bond acceptors (Lipinski definition) is 3. The Hall–Kier alpha value is -1.75. The molecule has 2 rings (SSSR count). The number of nitrogens with one attached hydrogen (secondary N) is 1. The quantitative estimate of drug-likeness (QED) is 0.819. The number of anilines is 1. The van der Waals surface area contributed by atoms with E-state index in [0.717, 1.165) is 41.7 Å². The third-order valence-electron chi connectivity index (χ3n) is 3.43. The zero-order valence-corrected chi connectivity index (χ0v) is 12.6. The average molecular weight is 305 g/mol. The summed E-state index contributed by atoms with van der Waals surface area (Å²) in [4.78, 5) is 22.4. The molecular formula is C16H19NO3S. The number of carboxylic acid groups (broad SMARTS) is 1. The second-order valence-electron chi connectivity index (χ2n) is 5.10. The van der Waals surface area contributed by atoms with Crippen molar-refractivity contribution in [1.82, 2.24) is 0 Å². The van der Waals surface area contributed by atoms with Crippen molar-refractivity contribution in [3.05, 3.63) is 35.9 Å². The van der Waals surface area contributed by atoms with E-state index < -0.39 is 5.97 Å². The van der Waals surface area contributed by atoms with E-state index in [4.69, 9.17) is 5.11 Å². The summed E-state index contributed by atoms with van der Waals surface area (Å²) in [7, 11) is 0. The van der Waals surface area contributed by atoms with E-state index in [1.54, 1.807) is 24.3 Å². The van der Waals surface area contributed by atoms with Crippen LogP contribution in [-0.2, 0) is 9.59 Å². The molecule has 1 aromatic carbocycles. The van der Waals surface area contributed by atoms with Crippen molar-refractivity contribution in [2.24, 2.45) is 5.92 Å². The molecule has 1 fully saturated rings. The van der Waals surface area contributed by atoms with Crippen molar-refractivity contribution in [3.63, 3.8) is 0 Å². The van der Waals surface area contributed by atoms with Crippen LogP contribution in [0.4, 0.5) is 5.69 Å². The van der Waals surface area contributed by atoms with Gasteiger partial charge in [0.15, 0.2) is 0 Å². The average Bonchev–Trinajstić information content (AvgIpc) is 2.47. The summed E-state index contributed by atoms with van der Waals surface area (Å²) >= 11 is 1.96. The normalized spacial score (nSPS) is 16.0. The third-order valence-corrected chi connectivity index (χ3v) is 4.48. The zero-order valence-electron chi connectivity index (χ0n) is 11.7. The fourth-order valence-electron chi connectivity index (χ4n) is 2.27. The van der Waals surface area contributed by atoms with Gasteiger partial charge in [-0.3, -0.25) is 4.79 Å². The molecule has 0 bridgehead atoms. The Morgan fingerprint density at radius 1 is 1.24 bits per heavy atom. The highest BCUT2D eigenvalue weighted by molar-refractivity contribution is 7.99. The second kappa shape index (κ2) is 7.88. The van der Waals surface area contributed by atoms with E-state index in [-0.39, 0.29) is 5.91 Å². The number of benzene rings is 1. The molecule has 0 unspecified atom stereocenters. The Labute approximate surface area is 128 Å². The van der Waals surface area contributed by atoms with Crippen LogP contribution in [0.15, 0.2) is 30.3 Å². The fourth-order valence-corrected chi connectivity index (χ4v) is 3.47. The highest BCUT2D eigenvalue weighted by Gasteiger charge is 2.17. The summed E-state index contributed by atoms with van der Waals surface area (Å²) in [6, 6.07) is 7.14. The molecular weight excluding hydrogens is 286 g/mol. The first-order chi connectivity index (χ1) is 10.1. The van der Waals surface area contributed by atoms with E-state index in [1.165, 1.54) is 6.08 Å². The lowest BCUT2D eigenvalue weighted by Crippen LogP contribution is -2.19. The van der Waals surface area contributed by atoms with Crippen LogP contribution in [-0.4, -0.2) is 28.5 Å². The molecule has 0 aromatic heterocycles. The molecule has 0 atom stereocenters. The number of hydrogen-bond donors (Lipinski definition) is 2. The summed E-state index contributed by atoms with van der Waals surface area (Å²) in [5.74, 6) is 1.90. The maximum Gasteiger partial charge on any atom is 0.328 e. The van der Waals surface area contributed by atoms with Gasteiger partial charge < -0.3 is 10.4 Å². The minimum atomic E-state index is -0.974. The smallest absolute Gasteiger partial charge is 0.328 e. The zero-order chi connectivity index (χ0) is 15.1. The van der Waals surface area contributed by atoms with Gasteiger partial charge in [0.05, 0.1) is 0 Å². The van der Waals surface area contributed by atoms with Gasteiger partial charge in [0.2, 0.25) is 5.91 Å². The van der Waals surface area contributed by atoms with Crippen LogP contribution in [0.25, 0.3) is 6.08 Å². The Kier molecular flexibility index (Phi) is 5.87. The van der Waals surface area contributed by atoms with Crippen LogP contribution in [0, 0.1) is 5.92 Å². The molecule has 1 saturated heterocycles. The summed E-state index contributed by atoms with van der Waals surface area (Å²) in [5, 5.41) is 11.5. The minimum Gasteiger partial charge on any atom is -0.478 e. The highest BCUT2D eigenvalue weighted by Crippen LogP contribution is 2.25. The minimum absolute atomic E-state index is 0.0562. The van der Waals surface area contributed by atoms with Crippen molar-refractivity contribution < 1.29 is 14.7 Å². The second-order valence-corrected chi connectivity index (χ2v) is 6.33. The first-order valence-electron chi connectivity index (χ1n) is 7.02. The van der Waals surface area contributed by atoms with Crippen molar-refractivity contribution in [1.29, 1.82) is 0 Å². The fraction of sp³-hybridized carbons (Fsp3) is 0.375. The Bertz CT molecular complexity index is 519. The predicted molar refractivity (Wildman–Crippen MR) is 86.4 cm³/mol. The lowest BCUT2D eigenvalue weighted by atomic mass is 9.98. The molecule has 112 valence electrons. The van der Waals surface area contributed by atoms with Crippen LogP contribution < -0.4 is 5.32 Å². The third kappa shape index (κ3) is 5.63. The predicted octanol–water partition coefficient (Wildman–Crippen LogP) is 3.26. The van der Waals surface area contributed by atoms with Gasteiger partial charge >= 0.3 is 5.97 Å². The number of carbonyl (C=O) groups excluding carboxylic acids is 1. The van der Waals surface area contributed by atoms with Crippen LogP contribution >= 0.6 is 11.8 Å². The van der Waals surface area contributed by atoms with Gasteiger partial charge in [-0.25, -0.2) is 4.79 Å². The molecule has 1 aromatic rings. The van der Waals surface area contributed by atoms with Crippen molar-refractivity contribution in [3.8, 4) is 0 Å². The lowest BCUT2D eigenvalue weighted by molar-refractivity contribution is -0.131. The van der Waals surface area contributed by atoms with Crippen LogP contribution in [0.3, 0.4) is 0 Å². The van der Waals surface area contributed by atoms with Gasteiger partial charge in [0.25, 0.3) is 0 Å². The van der Waals surface area contributed by atoms with Gasteiger partial charge in [0.1, 0.15) is 0 Å². The standard InChI is InChI=1S/C16H19NO3S/c18-15(11-13-7-9-21-10-8-13)17-14-4-1-12(2-5-14)3-6-16(19)20/h1-6,13H,7-11H2,(H,17,18)(H,19,20)/b6-3+. The van der Waals surface area contributed by atoms with Crippen molar-refractivity contribution in [2.75, 3.05) is 16.8 Å². The number of amides is 1. The molecule has 21 heavy (non-hydrogen) atoms. The monoisotopic (exact) mass is 305 g/mol. The number of rotatable bonds is 5. The van der Waals surface area contributed by atoms with E-state index in [9.17, 15) is 9.59 Å².